The highest BCUT2D eigenvalue weighted by molar-refractivity contribution is 5.91. The third-order valence-corrected chi connectivity index (χ3v) is 4.14. The fraction of sp³-hybridized carbons (Fsp3) is 0.100. The molecule has 3 aromatic rings. The zero-order valence-electron chi connectivity index (χ0n) is 13.7. The average Bonchev–Trinajstić information content (AvgIpc) is 2.61. The van der Waals surface area contributed by atoms with Crippen LogP contribution in [0.15, 0.2) is 66.7 Å². The minimum atomic E-state index is -4.63. The second kappa shape index (κ2) is 6.64. The molecule has 0 atom stereocenters. The summed E-state index contributed by atoms with van der Waals surface area (Å²) in [7, 11) is 0. The van der Waals surface area contributed by atoms with E-state index >= 15 is 0 Å². The molecule has 1 nitrogen and oxygen atoms in total. The Balaban J connectivity index is 2.19. The van der Waals surface area contributed by atoms with E-state index in [1.165, 1.54) is 30.3 Å². The van der Waals surface area contributed by atoms with Gasteiger partial charge in [0.25, 0.3) is 0 Å². The number of nitrogen functional groups attached to an aromatic ring is 1. The molecule has 3 rings (SSSR count). The van der Waals surface area contributed by atoms with Crippen LogP contribution in [0.25, 0.3) is 22.3 Å². The van der Waals surface area contributed by atoms with Crippen molar-refractivity contribution in [3.8, 4) is 22.3 Å². The summed E-state index contributed by atoms with van der Waals surface area (Å²) < 4.78 is 78.5. The fourth-order valence-corrected chi connectivity index (χ4v) is 2.86. The first-order chi connectivity index (χ1) is 12.6. The van der Waals surface area contributed by atoms with Crippen molar-refractivity contribution < 1.29 is 26.3 Å². The van der Waals surface area contributed by atoms with Gasteiger partial charge in [-0.15, -0.1) is 0 Å². The Bertz CT molecular complexity index is 941. The molecule has 0 saturated heterocycles. The monoisotopic (exact) mass is 381 g/mol. The average molecular weight is 381 g/mol. The van der Waals surface area contributed by atoms with Gasteiger partial charge in [-0.25, -0.2) is 0 Å². The summed E-state index contributed by atoms with van der Waals surface area (Å²) in [6.45, 7) is 0. The van der Waals surface area contributed by atoms with E-state index in [0.29, 0.717) is 5.56 Å². The summed E-state index contributed by atoms with van der Waals surface area (Å²) in [5.41, 5.74) is 4.77. The van der Waals surface area contributed by atoms with E-state index in [-0.39, 0.29) is 22.4 Å². The molecule has 0 saturated carbocycles. The molecule has 0 aliphatic carbocycles. The van der Waals surface area contributed by atoms with E-state index in [1.807, 2.05) is 0 Å². The SMILES string of the molecule is Nc1c(-c2ccc(C(F)(F)F)cc2)ccc(C(F)(F)F)c1-c1ccccc1. The first-order valence-electron chi connectivity index (χ1n) is 7.82. The van der Waals surface area contributed by atoms with Crippen molar-refractivity contribution in [3.05, 3.63) is 77.9 Å². The lowest BCUT2D eigenvalue weighted by Gasteiger charge is -2.18. The first-order valence-corrected chi connectivity index (χ1v) is 7.82. The number of alkyl halides is 6. The van der Waals surface area contributed by atoms with Crippen molar-refractivity contribution in [1.29, 1.82) is 0 Å². The van der Waals surface area contributed by atoms with Crippen molar-refractivity contribution in [3.63, 3.8) is 0 Å². The molecular weight excluding hydrogens is 368 g/mol. The van der Waals surface area contributed by atoms with Crippen LogP contribution in [0.3, 0.4) is 0 Å². The standard InChI is InChI=1S/C20H13F6N/c21-19(22,23)14-8-6-12(7-9-14)15-10-11-16(20(24,25)26)17(18(15)27)13-4-2-1-3-5-13/h1-11H,27H2. The molecule has 2 N–H and O–H groups in total. The lowest BCUT2D eigenvalue weighted by atomic mass is 9.91. The maximum Gasteiger partial charge on any atom is 0.417 e. The topological polar surface area (TPSA) is 26.0 Å². The largest absolute Gasteiger partial charge is 0.417 e. The van der Waals surface area contributed by atoms with Gasteiger partial charge in [0.2, 0.25) is 0 Å². The first kappa shape index (κ1) is 18.8. The molecule has 0 fully saturated rings. The Morgan fingerprint density at radius 2 is 1.19 bits per heavy atom. The highest BCUT2D eigenvalue weighted by atomic mass is 19.4. The second-order valence-electron chi connectivity index (χ2n) is 5.89. The minimum absolute atomic E-state index is 0.143. The number of halogens is 6. The summed E-state index contributed by atoms with van der Waals surface area (Å²) in [5.74, 6) is 0. The molecule has 7 heteroatoms. The maximum atomic E-state index is 13.5. The van der Waals surface area contributed by atoms with Gasteiger partial charge in [-0.3, -0.25) is 0 Å². The molecule has 27 heavy (non-hydrogen) atoms. The normalized spacial score (nSPS) is 12.2. The summed E-state index contributed by atoms with van der Waals surface area (Å²) >= 11 is 0. The molecule has 0 radical (unpaired) electrons. The predicted octanol–water partition coefficient (Wildman–Crippen LogP) is 6.64. The van der Waals surface area contributed by atoms with Crippen LogP contribution in [0.4, 0.5) is 32.0 Å². The van der Waals surface area contributed by atoms with Gasteiger partial charge in [-0.05, 0) is 29.3 Å². The predicted molar refractivity (Wildman–Crippen MR) is 91.7 cm³/mol. The zero-order valence-corrected chi connectivity index (χ0v) is 13.7. The lowest BCUT2D eigenvalue weighted by molar-refractivity contribution is -0.138. The van der Waals surface area contributed by atoms with Crippen molar-refractivity contribution in [2.24, 2.45) is 0 Å². The highest BCUT2D eigenvalue weighted by Crippen LogP contribution is 2.44. The molecule has 0 unspecified atom stereocenters. The summed E-state index contributed by atoms with van der Waals surface area (Å²) in [5, 5.41) is 0. The van der Waals surface area contributed by atoms with Gasteiger partial charge in [0.15, 0.2) is 0 Å². The fourth-order valence-electron chi connectivity index (χ4n) is 2.86. The van der Waals surface area contributed by atoms with Crippen molar-refractivity contribution in [1.82, 2.24) is 0 Å². The Morgan fingerprint density at radius 1 is 0.593 bits per heavy atom. The molecule has 0 aromatic heterocycles. The van der Waals surface area contributed by atoms with Crippen LogP contribution in [0, 0.1) is 0 Å². The Kier molecular flexibility index (Phi) is 4.63. The Hall–Kier alpha value is -2.96. The zero-order chi connectivity index (χ0) is 19.8. The summed E-state index contributed by atoms with van der Waals surface area (Å²) in [6.07, 6.45) is -9.13. The van der Waals surface area contributed by atoms with E-state index in [2.05, 4.69) is 0 Å². The third-order valence-electron chi connectivity index (χ3n) is 4.14. The van der Waals surface area contributed by atoms with Gasteiger partial charge >= 0.3 is 12.4 Å². The van der Waals surface area contributed by atoms with Gasteiger partial charge in [0.05, 0.1) is 11.1 Å². The molecule has 0 heterocycles. The molecule has 0 spiro atoms. The number of anilines is 1. The van der Waals surface area contributed by atoms with Crippen LogP contribution in [-0.2, 0) is 12.4 Å². The van der Waals surface area contributed by atoms with E-state index in [4.69, 9.17) is 5.73 Å². The number of hydrogen-bond donors (Lipinski definition) is 1. The molecule has 0 aliphatic rings. The van der Waals surface area contributed by atoms with Gasteiger partial charge in [-0.1, -0.05) is 48.5 Å². The summed E-state index contributed by atoms with van der Waals surface area (Å²) in [6, 6.07) is 14.0. The van der Waals surface area contributed by atoms with Gasteiger partial charge in [-0.2, -0.15) is 26.3 Å². The van der Waals surface area contributed by atoms with E-state index < -0.39 is 23.5 Å². The van der Waals surface area contributed by atoms with Crippen LogP contribution in [0.5, 0.6) is 0 Å². The smallest absolute Gasteiger partial charge is 0.398 e. The third kappa shape index (κ3) is 3.77. The maximum absolute atomic E-state index is 13.5. The van der Waals surface area contributed by atoms with E-state index in [1.54, 1.807) is 18.2 Å². The van der Waals surface area contributed by atoms with Crippen molar-refractivity contribution in [2.45, 2.75) is 12.4 Å². The van der Waals surface area contributed by atoms with Crippen molar-refractivity contribution in [2.75, 3.05) is 5.73 Å². The number of hydrogen-bond acceptors (Lipinski definition) is 1. The number of nitrogens with two attached hydrogens (primary N) is 1. The molecule has 140 valence electrons. The van der Waals surface area contributed by atoms with Gasteiger partial charge in [0.1, 0.15) is 0 Å². The Morgan fingerprint density at radius 3 is 1.70 bits per heavy atom. The Labute approximate surface area is 151 Å². The van der Waals surface area contributed by atoms with Crippen LogP contribution in [-0.4, -0.2) is 0 Å². The molecule has 0 aliphatic heterocycles. The highest BCUT2D eigenvalue weighted by Gasteiger charge is 2.35. The molecular formula is C20H13F6N. The van der Waals surface area contributed by atoms with Crippen LogP contribution >= 0.6 is 0 Å². The van der Waals surface area contributed by atoms with Crippen LogP contribution in [0.2, 0.25) is 0 Å². The molecule has 0 bridgehead atoms. The van der Waals surface area contributed by atoms with Gasteiger partial charge < -0.3 is 5.73 Å². The number of benzene rings is 3. The van der Waals surface area contributed by atoms with Crippen LogP contribution in [0.1, 0.15) is 11.1 Å². The lowest BCUT2D eigenvalue weighted by Crippen LogP contribution is -2.10. The van der Waals surface area contributed by atoms with E-state index in [9.17, 15) is 26.3 Å². The molecule has 0 amide bonds. The number of rotatable bonds is 2. The quantitative estimate of drug-likeness (QED) is 0.391. The van der Waals surface area contributed by atoms with Gasteiger partial charge in [0, 0.05) is 16.8 Å². The summed E-state index contributed by atoms with van der Waals surface area (Å²) in [4.78, 5) is 0. The minimum Gasteiger partial charge on any atom is -0.398 e. The van der Waals surface area contributed by atoms with E-state index in [0.717, 1.165) is 18.2 Å². The second-order valence-corrected chi connectivity index (χ2v) is 5.89. The molecule has 3 aromatic carbocycles. The van der Waals surface area contributed by atoms with Crippen molar-refractivity contribution >= 4 is 5.69 Å². The van der Waals surface area contributed by atoms with Crippen LogP contribution < -0.4 is 5.73 Å².